The van der Waals surface area contributed by atoms with Crippen molar-refractivity contribution in [3.63, 3.8) is 0 Å². The molecule has 90 valence electrons. The van der Waals surface area contributed by atoms with Gasteiger partial charge in [-0.15, -0.1) is 0 Å². The lowest BCUT2D eigenvalue weighted by molar-refractivity contribution is 0.146. The smallest absolute Gasteiger partial charge is 0.0790 e. The summed E-state index contributed by atoms with van der Waals surface area (Å²) < 4.78 is 0. The van der Waals surface area contributed by atoms with Crippen molar-refractivity contribution in [2.75, 3.05) is 14.1 Å². The predicted molar refractivity (Wildman–Crippen MR) is 68.4 cm³/mol. The normalized spacial score (nSPS) is 15.1. The Kier molecular flexibility index (Phi) is 5.50. The fourth-order valence-corrected chi connectivity index (χ4v) is 2.02. The van der Waals surface area contributed by atoms with Gasteiger partial charge in [0, 0.05) is 6.04 Å². The van der Waals surface area contributed by atoms with Crippen LogP contribution in [0.1, 0.15) is 37.9 Å². The first kappa shape index (κ1) is 13.2. The third kappa shape index (κ3) is 3.95. The maximum absolute atomic E-state index is 10.0. The van der Waals surface area contributed by atoms with E-state index in [1.54, 1.807) is 0 Å². The van der Waals surface area contributed by atoms with Gasteiger partial charge in [-0.05, 0) is 38.9 Å². The van der Waals surface area contributed by atoms with E-state index in [-0.39, 0.29) is 6.10 Å². The van der Waals surface area contributed by atoms with Crippen LogP contribution in [0.4, 0.5) is 0 Å². The summed E-state index contributed by atoms with van der Waals surface area (Å²) in [6.45, 7) is 2.19. The Morgan fingerprint density at radius 2 is 1.75 bits per heavy atom. The van der Waals surface area contributed by atoms with Crippen molar-refractivity contribution >= 4 is 0 Å². The molecule has 2 heteroatoms. The molecule has 0 saturated heterocycles. The van der Waals surface area contributed by atoms with Crippen LogP contribution in [0.15, 0.2) is 30.3 Å². The molecule has 0 aromatic heterocycles. The van der Waals surface area contributed by atoms with Gasteiger partial charge >= 0.3 is 0 Å². The summed E-state index contributed by atoms with van der Waals surface area (Å²) in [6.07, 6.45) is 2.68. The highest BCUT2D eigenvalue weighted by atomic mass is 16.3. The summed E-state index contributed by atoms with van der Waals surface area (Å²) in [5, 5.41) is 10.0. The molecule has 1 N–H and O–H groups in total. The molecular formula is C14H23NO. The lowest BCUT2D eigenvalue weighted by Crippen LogP contribution is -2.27. The fourth-order valence-electron chi connectivity index (χ4n) is 2.02. The minimum atomic E-state index is -0.324. The molecule has 0 aliphatic heterocycles. The average Bonchev–Trinajstić information content (AvgIpc) is 2.30. The number of hydrogen-bond donors (Lipinski definition) is 1. The summed E-state index contributed by atoms with van der Waals surface area (Å²) in [6, 6.07) is 10.5. The van der Waals surface area contributed by atoms with Gasteiger partial charge in [-0.1, -0.05) is 37.3 Å². The van der Waals surface area contributed by atoms with Gasteiger partial charge in [0.15, 0.2) is 0 Å². The van der Waals surface area contributed by atoms with Crippen LogP contribution in [0.3, 0.4) is 0 Å². The zero-order valence-electron chi connectivity index (χ0n) is 10.6. The zero-order valence-corrected chi connectivity index (χ0v) is 10.6. The Hall–Kier alpha value is -0.860. The van der Waals surface area contributed by atoms with E-state index in [2.05, 4.69) is 25.9 Å². The molecule has 1 rings (SSSR count). The summed E-state index contributed by atoms with van der Waals surface area (Å²) in [5.41, 5.74) is 1.02. The van der Waals surface area contributed by atoms with Crippen LogP contribution in [0.25, 0.3) is 0 Å². The van der Waals surface area contributed by atoms with E-state index < -0.39 is 0 Å². The van der Waals surface area contributed by atoms with Gasteiger partial charge in [-0.25, -0.2) is 0 Å². The number of rotatable bonds is 6. The molecular weight excluding hydrogens is 198 g/mol. The van der Waals surface area contributed by atoms with Gasteiger partial charge in [-0.3, -0.25) is 0 Å². The monoisotopic (exact) mass is 221 g/mol. The fraction of sp³-hybridized carbons (Fsp3) is 0.571. The Morgan fingerprint density at radius 3 is 2.25 bits per heavy atom. The van der Waals surface area contributed by atoms with Crippen LogP contribution in [0.5, 0.6) is 0 Å². The molecule has 2 unspecified atom stereocenters. The van der Waals surface area contributed by atoms with Crippen molar-refractivity contribution in [3.8, 4) is 0 Å². The van der Waals surface area contributed by atoms with Crippen molar-refractivity contribution in [1.82, 2.24) is 4.90 Å². The third-order valence-electron chi connectivity index (χ3n) is 3.16. The maximum atomic E-state index is 10.0. The van der Waals surface area contributed by atoms with E-state index in [1.807, 2.05) is 30.3 Å². The van der Waals surface area contributed by atoms with Gasteiger partial charge in [0.25, 0.3) is 0 Å². The van der Waals surface area contributed by atoms with Crippen molar-refractivity contribution in [2.24, 2.45) is 0 Å². The van der Waals surface area contributed by atoms with E-state index >= 15 is 0 Å². The predicted octanol–water partition coefficient (Wildman–Crippen LogP) is 2.84. The van der Waals surface area contributed by atoms with E-state index in [1.165, 1.54) is 0 Å². The SMILES string of the molecule is CCC(CCC(O)c1ccccc1)N(C)C. The topological polar surface area (TPSA) is 23.5 Å². The van der Waals surface area contributed by atoms with Gasteiger partial charge in [-0.2, -0.15) is 0 Å². The molecule has 0 amide bonds. The maximum Gasteiger partial charge on any atom is 0.0790 e. The second-order valence-corrected chi connectivity index (χ2v) is 4.53. The lowest BCUT2D eigenvalue weighted by Gasteiger charge is -2.24. The number of aliphatic hydroxyl groups excluding tert-OH is 1. The quantitative estimate of drug-likeness (QED) is 0.798. The standard InChI is InChI=1S/C14H23NO/c1-4-13(15(2)3)10-11-14(16)12-8-6-5-7-9-12/h5-9,13-14,16H,4,10-11H2,1-3H3. The van der Waals surface area contributed by atoms with Gasteiger partial charge in [0.1, 0.15) is 0 Å². The first-order valence-corrected chi connectivity index (χ1v) is 6.04. The molecule has 0 heterocycles. The first-order chi connectivity index (χ1) is 7.65. The minimum absolute atomic E-state index is 0.324. The Morgan fingerprint density at radius 1 is 1.12 bits per heavy atom. The molecule has 1 aromatic rings. The summed E-state index contributed by atoms with van der Waals surface area (Å²) in [4.78, 5) is 2.23. The minimum Gasteiger partial charge on any atom is -0.388 e. The van der Waals surface area contributed by atoms with Crippen LogP contribution in [-0.4, -0.2) is 30.1 Å². The van der Waals surface area contributed by atoms with Crippen molar-refractivity contribution in [3.05, 3.63) is 35.9 Å². The van der Waals surface area contributed by atoms with Gasteiger partial charge in [0.05, 0.1) is 6.10 Å². The molecule has 0 fully saturated rings. The number of nitrogens with zero attached hydrogens (tertiary/aromatic N) is 1. The molecule has 0 saturated carbocycles. The second-order valence-electron chi connectivity index (χ2n) is 4.53. The molecule has 0 bridgehead atoms. The Labute approximate surface area is 98.9 Å². The van der Waals surface area contributed by atoms with Gasteiger partial charge < -0.3 is 10.0 Å². The van der Waals surface area contributed by atoms with Crippen molar-refractivity contribution in [2.45, 2.75) is 38.3 Å². The number of hydrogen-bond acceptors (Lipinski definition) is 2. The molecule has 2 atom stereocenters. The van der Waals surface area contributed by atoms with Crippen LogP contribution in [-0.2, 0) is 0 Å². The van der Waals surface area contributed by atoms with Crippen molar-refractivity contribution in [1.29, 1.82) is 0 Å². The van der Waals surface area contributed by atoms with E-state index in [4.69, 9.17) is 0 Å². The molecule has 0 radical (unpaired) electrons. The van der Waals surface area contributed by atoms with Crippen molar-refractivity contribution < 1.29 is 5.11 Å². The van der Waals surface area contributed by atoms with Crippen LogP contribution >= 0.6 is 0 Å². The highest BCUT2D eigenvalue weighted by molar-refractivity contribution is 5.17. The third-order valence-corrected chi connectivity index (χ3v) is 3.16. The zero-order chi connectivity index (χ0) is 12.0. The molecule has 2 nitrogen and oxygen atoms in total. The average molecular weight is 221 g/mol. The first-order valence-electron chi connectivity index (χ1n) is 6.04. The van der Waals surface area contributed by atoms with Crippen LogP contribution in [0.2, 0.25) is 0 Å². The summed E-state index contributed by atoms with van der Waals surface area (Å²) in [7, 11) is 4.20. The van der Waals surface area contributed by atoms with E-state index in [9.17, 15) is 5.11 Å². The number of benzene rings is 1. The molecule has 0 spiro atoms. The van der Waals surface area contributed by atoms with Crippen LogP contribution in [0, 0.1) is 0 Å². The van der Waals surface area contributed by atoms with E-state index in [0.29, 0.717) is 6.04 Å². The number of aliphatic hydroxyl groups is 1. The summed E-state index contributed by atoms with van der Waals surface area (Å²) in [5.74, 6) is 0. The largest absolute Gasteiger partial charge is 0.388 e. The Balaban J connectivity index is 2.43. The highest BCUT2D eigenvalue weighted by Crippen LogP contribution is 2.20. The van der Waals surface area contributed by atoms with E-state index in [0.717, 1.165) is 24.8 Å². The lowest BCUT2D eigenvalue weighted by atomic mass is 10.0. The molecule has 0 aliphatic carbocycles. The summed E-state index contributed by atoms with van der Waals surface area (Å²) >= 11 is 0. The molecule has 0 aliphatic rings. The molecule has 1 aromatic carbocycles. The second kappa shape index (κ2) is 6.66. The Bertz CT molecular complexity index is 284. The highest BCUT2D eigenvalue weighted by Gasteiger charge is 2.12. The van der Waals surface area contributed by atoms with Crippen LogP contribution < -0.4 is 0 Å². The van der Waals surface area contributed by atoms with Gasteiger partial charge in [0.2, 0.25) is 0 Å². The molecule has 16 heavy (non-hydrogen) atoms.